The van der Waals surface area contributed by atoms with Crippen LogP contribution in [0.15, 0.2) is 42.5 Å². The number of aryl methyl sites for hydroxylation is 2. The predicted octanol–water partition coefficient (Wildman–Crippen LogP) is 3.73. The number of nitrogens with one attached hydrogen (secondary N) is 3. The second-order valence-corrected chi connectivity index (χ2v) is 7.30. The molecular formula is C23H29N3O4. The van der Waals surface area contributed by atoms with Crippen molar-refractivity contribution in [3.8, 4) is 0 Å². The first-order valence-corrected chi connectivity index (χ1v) is 10.0. The third-order valence-corrected chi connectivity index (χ3v) is 4.70. The van der Waals surface area contributed by atoms with Gasteiger partial charge in [-0.25, -0.2) is 4.79 Å². The fourth-order valence-electron chi connectivity index (χ4n) is 3.00. The van der Waals surface area contributed by atoms with Crippen LogP contribution in [0, 0.1) is 13.8 Å². The molecule has 2 rings (SSSR count). The number of aliphatic carboxylic acids is 1. The van der Waals surface area contributed by atoms with E-state index in [1.165, 1.54) is 0 Å². The van der Waals surface area contributed by atoms with Crippen molar-refractivity contribution < 1.29 is 19.5 Å². The summed E-state index contributed by atoms with van der Waals surface area (Å²) in [5, 5.41) is 17.6. The second-order valence-electron chi connectivity index (χ2n) is 7.30. The Balaban J connectivity index is 1.89. The maximum atomic E-state index is 12.3. The number of carbonyl (C=O) groups excluding carboxylic acids is 2. The lowest BCUT2D eigenvalue weighted by molar-refractivity contribution is -0.139. The highest BCUT2D eigenvalue weighted by molar-refractivity contribution is 5.98. The summed E-state index contributed by atoms with van der Waals surface area (Å²) >= 11 is 0. The molecule has 0 saturated carbocycles. The van der Waals surface area contributed by atoms with Crippen LogP contribution in [0.3, 0.4) is 0 Å². The van der Waals surface area contributed by atoms with E-state index in [0.717, 1.165) is 29.7 Å². The van der Waals surface area contributed by atoms with Gasteiger partial charge in [-0.2, -0.15) is 0 Å². The van der Waals surface area contributed by atoms with Crippen LogP contribution in [-0.2, 0) is 9.59 Å². The molecule has 0 aromatic heterocycles. The number of carbonyl (C=O) groups is 3. The van der Waals surface area contributed by atoms with Gasteiger partial charge in [0.1, 0.15) is 6.04 Å². The monoisotopic (exact) mass is 411 g/mol. The number of hydrogen-bond donors (Lipinski definition) is 4. The minimum absolute atomic E-state index is 0.115. The molecular weight excluding hydrogens is 382 g/mol. The lowest BCUT2D eigenvalue weighted by atomic mass is 10.1. The van der Waals surface area contributed by atoms with Crippen molar-refractivity contribution in [3.05, 3.63) is 59.2 Å². The molecule has 30 heavy (non-hydrogen) atoms. The van der Waals surface area contributed by atoms with Gasteiger partial charge >= 0.3 is 5.97 Å². The van der Waals surface area contributed by atoms with Gasteiger partial charge in [0.05, 0.1) is 6.54 Å². The van der Waals surface area contributed by atoms with Gasteiger partial charge in [-0.3, -0.25) is 9.59 Å². The smallest absolute Gasteiger partial charge is 0.326 e. The van der Waals surface area contributed by atoms with Gasteiger partial charge in [0.25, 0.3) is 5.91 Å². The first-order valence-electron chi connectivity index (χ1n) is 10.0. The van der Waals surface area contributed by atoms with Crippen LogP contribution in [0.5, 0.6) is 0 Å². The third kappa shape index (κ3) is 6.92. The van der Waals surface area contributed by atoms with Crippen LogP contribution in [0.1, 0.15) is 47.7 Å². The number of unbranched alkanes of at least 4 members (excludes halogenated alkanes) is 1. The van der Waals surface area contributed by atoms with Gasteiger partial charge in [0.15, 0.2) is 0 Å². The summed E-state index contributed by atoms with van der Waals surface area (Å²) in [5.74, 6) is -1.71. The minimum Gasteiger partial charge on any atom is -0.480 e. The largest absolute Gasteiger partial charge is 0.480 e. The van der Waals surface area contributed by atoms with Gasteiger partial charge in [-0.15, -0.1) is 0 Å². The number of rotatable bonds is 10. The van der Waals surface area contributed by atoms with Gasteiger partial charge in [0, 0.05) is 16.9 Å². The van der Waals surface area contributed by atoms with Crippen molar-refractivity contribution >= 4 is 29.2 Å². The summed E-state index contributed by atoms with van der Waals surface area (Å²) in [7, 11) is 0. The van der Waals surface area contributed by atoms with Crippen LogP contribution < -0.4 is 16.0 Å². The lowest BCUT2D eigenvalue weighted by Gasteiger charge is -2.14. The Labute approximate surface area is 176 Å². The molecule has 0 radical (unpaired) electrons. The zero-order chi connectivity index (χ0) is 22.1. The average Bonchev–Trinajstić information content (AvgIpc) is 2.70. The number of benzene rings is 2. The SMILES string of the molecule is CCCCC(NC(=O)c1ccc(NC(=O)CNc2ccc(C)cc2C)cc1)C(=O)O. The number of carboxylic acid groups (broad SMARTS) is 1. The van der Waals surface area contributed by atoms with E-state index < -0.39 is 17.9 Å². The number of hydrogen-bond acceptors (Lipinski definition) is 4. The Kier molecular flexibility index (Phi) is 8.41. The molecule has 0 aliphatic carbocycles. The molecule has 2 aromatic carbocycles. The molecule has 2 amide bonds. The number of carboxylic acids is 1. The maximum Gasteiger partial charge on any atom is 0.326 e. The molecule has 0 fully saturated rings. The molecule has 0 aliphatic heterocycles. The van der Waals surface area contributed by atoms with E-state index in [9.17, 15) is 19.5 Å². The van der Waals surface area contributed by atoms with E-state index in [1.54, 1.807) is 24.3 Å². The second kappa shape index (κ2) is 11.0. The standard InChI is InChI=1S/C23H29N3O4/c1-4-5-6-20(23(29)30)26-22(28)17-8-10-18(11-9-17)25-21(27)14-24-19-12-7-15(2)13-16(19)3/h7-13,20,24H,4-6,14H2,1-3H3,(H,25,27)(H,26,28)(H,29,30). The van der Waals surface area contributed by atoms with E-state index in [4.69, 9.17) is 0 Å². The predicted molar refractivity (Wildman–Crippen MR) is 118 cm³/mol. The highest BCUT2D eigenvalue weighted by atomic mass is 16.4. The topological polar surface area (TPSA) is 108 Å². The van der Waals surface area contributed by atoms with E-state index in [0.29, 0.717) is 17.7 Å². The highest BCUT2D eigenvalue weighted by Crippen LogP contribution is 2.16. The third-order valence-electron chi connectivity index (χ3n) is 4.70. The van der Waals surface area contributed by atoms with Gasteiger partial charge in [0.2, 0.25) is 5.91 Å². The fourth-order valence-corrected chi connectivity index (χ4v) is 3.00. The summed E-state index contributed by atoms with van der Waals surface area (Å²) in [6.45, 7) is 6.07. The zero-order valence-electron chi connectivity index (χ0n) is 17.6. The summed E-state index contributed by atoms with van der Waals surface area (Å²) < 4.78 is 0. The van der Waals surface area contributed by atoms with Crippen molar-refractivity contribution in [1.82, 2.24) is 5.32 Å². The average molecular weight is 412 g/mol. The molecule has 1 atom stereocenters. The van der Waals surface area contributed by atoms with Crippen LogP contribution in [-0.4, -0.2) is 35.5 Å². The number of anilines is 2. The van der Waals surface area contributed by atoms with Crippen LogP contribution in [0.25, 0.3) is 0 Å². The van der Waals surface area contributed by atoms with E-state index in [1.807, 2.05) is 39.0 Å². The van der Waals surface area contributed by atoms with Crippen molar-refractivity contribution in [2.75, 3.05) is 17.2 Å². The van der Waals surface area contributed by atoms with Crippen molar-refractivity contribution in [2.24, 2.45) is 0 Å². The van der Waals surface area contributed by atoms with Gasteiger partial charge < -0.3 is 21.1 Å². The first-order chi connectivity index (χ1) is 14.3. The quantitative estimate of drug-likeness (QED) is 0.477. The Morgan fingerprint density at radius 3 is 2.33 bits per heavy atom. The molecule has 7 nitrogen and oxygen atoms in total. The molecule has 2 aromatic rings. The normalized spacial score (nSPS) is 11.4. The Morgan fingerprint density at radius 2 is 1.73 bits per heavy atom. The summed E-state index contributed by atoms with van der Waals surface area (Å²) in [5.41, 5.74) is 4.02. The molecule has 1 unspecified atom stereocenters. The first kappa shape index (κ1) is 22.9. The van der Waals surface area contributed by atoms with Gasteiger partial charge in [-0.05, 0) is 56.2 Å². The fraction of sp³-hybridized carbons (Fsp3) is 0.348. The van der Waals surface area contributed by atoms with E-state index in [-0.39, 0.29) is 12.5 Å². The summed E-state index contributed by atoms with van der Waals surface area (Å²) in [4.78, 5) is 35.8. The molecule has 7 heteroatoms. The van der Waals surface area contributed by atoms with Crippen molar-refractivity contribution in [3.63, 3.8) is 0 Å². The summed E-state index contributed by atoms with van der Waals surface area (Å²) in [6.07, 6.45) is 1.96. The Hall–Kier alpha value is -3.35. The Bertz CT molecular complexity index is 894. The molecule has 0 saturated heterocycles. The van der Waals surface area contributed by atoms with Crippen LogP contribution >= 0.6 is 0 Å². The minimum atomic E-state index is -1.04. The zero-order valence-corrected chi connectivity index (χ0v) is 17.6. The highest BCUT2D eigenvalue weighted by Gasteiger charge is 2.20. The lowest BCUT2D eigenvalue weighted by Crippen LogP contribution is -2.40. The molecule has 0 heterocycles. The number of amides is 2. The Morgan fingerprint density at radius 1 is 1.03 bits per heavy atom. The van der Waals surface area contributed by atoms with E-state index in [2.05, 4.69) is 16.0 Å². The maximum absolute atomic E-state index is 12.3. The molecule has 0 bridgehead atoms. The van der Waals surface area contributed by atoms with E-state index >= 15 is 0 Å². The summed E-state index contributed by atoms with van der Waals surface area (Å²) in [6, 6.07) is 11.4. The molecule has 160 valence electrons. The molecule has 0 aliphatic rings. The van der Waals surface area contributed by atoms with Crippen molar-refractivity contribution in [1.29, 1.82) is 0 Å². The molecule has 0 spiro atoms. The van der Waals surface area contributed by atoms with Crippen LogP contribution in [0.4, 0.5) is 11.4 Å². The van der Waals surface area contributed by atoms with Gasteiger partial charge in [-0.1, -0.05) is 37.5 Å². The molecule has 4 N–H and O–H groups in total. The van der Waals surface area contributed by atoms with Crippen molar-refractivity contribution in [2.45, 2.75) is 46.1 Å². The van der Waals surface area contributed by atoms with Crippen LogP contribution in [0.2, 0.25) is 0 Å².